The van der Waals surface area contributed by atoms with Crippen LogP contribution in [0.1, 0.15) is 31.1 Å². The number of carbonyl (C=O) groups is 3. The highest BCUT2D eigenvalue weighted by atomic mass is 35.5. The van der Waals surface area contributed by atoms with Crippen LogP contribution >= 0.6 is 11.6 Å². The summed E-state index contributed by atoms with van der Waals surface area (Å²) in [7, 11) is 0. The summed E-state index contributed by atoms with van der Waals surface area (Å²) in [4.78, 5) is 37.5. The van der Waals surface area contributed by atoms with Gasteiger partial charge in [0.15, 0.2) is 0 Å². The third-order valence-corrected chi connectivity index (χ3v) is 4.87. The van der Waals surface area contributed by atoms with E-state index >= 15 is 0 Å². The Morgan fingerprint density at radius 2 is 1.28 bits per heavy atom. The zero-order valence-electron chi connectivity index (χ0n) is 15.1. The van der Waals surface area contributed by atoms with Gasteiger partial charge in [-0.15, -0.1) is 0 Å². The number of hydrogen-bond donors (Lipinski definition) is 2. The second-order valence-electron chi connectivity index (χ2n) is 6.42. The number of fused-ring (bicyclic) bond motifs is 1. The molecule has 0 aliphatic heterocycles. The molecule has 142 valence electrons. The van der Waals surface area contributed by atoms with E-state index in [9.17, 15) is 14.4 Å². The van der Waals surface area contributed by atoms with E-state index < -0.39 is 5.78 Å². The summed E-state index contributed by atoms with van der Waals surface area (Å²) in [6.45, 7) is 0. The maximum atomic E-state index is 12.7. The van der Waals surface area contributed by atoms with Gasteiger partial charge >= 0.3 is 0 Å². The van der Waals surface area contributed by atoms with Crippen LogP contribution in [0.15, 0.2) is 89.6 Å². The molecule has 0 spiro atoms. The number of para-hydroxylation sites is 1. The number of carbonyl (C=O) groups excluding carboxylic acids is 3. The molecular formula is C23H15ClN2O3. The van der Waals surface area contributed by atoms with Crippen molar-refractivity contribution < 1.29 is 14.4 Å². The highest BCUT2D eigenvalue weighted by Crippen LogP contribution is 2.29. The molecule has 4 rings (SSSR count). The van der Waals surface area contributed by atoms with Gasteiger partial charge in [0.2, 0.25) is 11.6 Å². The summed E-state index contributed by atoms with van der Waals surface area (Å²) < 4.78 is 0. The van der Waals surface area contributed by atoms with Crippen molar-refractivity contribution in [2.75, 3.05) is 10.6 Å². The molecule has 29 heavy (non-hydrogen) atoms. The molecule has 3 aromatic rings. The molecule has 1 aliphatic rings. The van der Waals surface area contributed by atoms with E-state index in [4.69, 9.17) is 11.6 Å². The molecule has 0 atom stereocenters. The van der Waals surface area contributed by atoms with Crippen molar-refractivity contribution in [1.82, 2.24) is 0 Å². The minimum Gasteiger partial charge on any atom is -0.351 e. The first kappa shape index (κ1) is 18.7. The molecule has 0 heterocycles. The number of anilines is 2. The van der Waals surface area contributed by atoms with Gasteiger partial charge in [0.25, 0.3) is 5.91 Å². The minimum absolute atomic E-state index is 0.0249. The lowest BCUT2D eigenvalue weighted by Gasteiger charge is -2.19. The van der Waals surface area contributed by atoms with E-state index in [0.29, 0.717) is 28.1 Å². The van der Waals surface area contributed by atoms with Crippen LogP contribution in [0, 0.1) is 0 Å². The first-order valence-corrected chi connectivity index (χ1v) is 9.24. The summed E-state index contributed by atoms with van der Waals surface area (Å²) >= 11 is 6.16. The number of ketones is 2. The maximum Gasteiger partial charge on any atom is 0.255 e. The third-order valence-electron chi connectivity index (χ3n) is 4.51. The molecule has 0 fully saturated rings. The first-order valence-electron chi connectivity index (χ1n) is 8.86. The Kier molecular flexibility index (Phi) is 4.97. The largest absolute Gasteiger partial charge is 0.351 e. The normalized spacial score (nSPS) is 13.1. The number of rotatable bonds is 4. The Balaban J connectivity index is 1.53. The highest BCUT2D eigenvalue weighted by Gasteiger charge is 2.31. The van der Waals surface area contributed by atoms with Crippen LogP contribution in [0.2, 0.25) is 0 Å². The van der Waals surface area contributed by atoms with E-state index in [2.05, 4.69) is 10.6 Å². The molecule has 3 aromatic carbocycles. The summed E-state index contributed by atoms with van der Waals surface area (Å²) in [5.41, 5.74) is 2.31. The van der Waals surface area contributed by atoms with E-state index in [1.165, 1.54) is 0 Å². The summed E-state index contributed by atoms with van der Waals surface area (Å²) in [5.74, 6) is -1.00. The van der Waals surface area contributed by atoms with Gasteiger partial charge < -0.3 is 10.6 Å². The average molecular weight is 403 g/mol. The molecule has 1 amide bonds. The Hall–Kier alpha value is -3.70. The summed E-state index contributed by atoms with van der Waals surface area (Å²) in [5, 5.41) is 5.56. The SMILES string of the molecule is O=C(Nc1ccccc1)c1ccc(NC2=C(Cl)C(=O)c3ccccc3C2=O)cc1. The van der Waals surface area contributed by atoms with Gasteiger partial charge in [0.05, 0.1) is 0 Å². The van der Waals surface area contributed by atoms with E-state index in [0.717, 1.165) is 0 Å². The van der Waals surface area contributed by atoms with Crippen LogP contribution in [0.5, 0.6) is 0 Å². The van der Waals surface area contributed by atoms with Gasteiger partial charge in [-0.05, 0) is 36.4 Å². The summed E-state index contributed by atoms with van der Waals surface area (Å²) in [6.07, 6.45) is 0. The fourth-order valence-corrected chi connectivity index (χ4v) is 3.27. The highest BCUT2D eigenvalue weighted by molar-refractivity contribution is 6.50. The monoisotopic (exact) mass is 402 g/mol. The number of benzene rings is 3. The predicted molar refractivity (Wildman–Crippen MR) is 112 cm³/mol. The quantitative estimate of drug-likeness (QED) is 0.652. The zero-order valence-corrected chi connectivity index (χ0v) is 15.9. The number of Topliss-reactive ketones (excluding diaryl/α,β-unsaturated/α-hetero) is 2. The number of hydrogen-bond acceptors (Lipinski definition) is 4. The lowest BCUT2D eigenvalue weighted by Crippen LogP contribution is -2.24. The molecule has 1 aliphatic carbocycles. The number of amides is 1. The van der Waals surface area contributed by atoms with Gasteiger partial charge in [-0.1, -0.05) is 54.1 Å². The number of nitrogens with one attached hydrogen (secondary N) is 2. The van der Waals surface area contributed by atoms with E-state index in [1.807, 2.05) is 18.2 Å². The topological polar surface area (TPSA) is 75.3 Å². The Bertz CT molecular complexity index is 1150. The lowest BCUT2D eigenvalue weighted by molar-refractivity contribution is 0.0982. The standard InChI is InChI=1S/C23H15ClN2O3/c24-19-20(22(28)18-9-5-4-8-17(18)21(19)27)25-16-12-10-14(11-13-16)23(29)26-15-6-2-1-3-7-15/h1-13,25H,(H,26,29). The van der Waals surface area contributed by atoms with Crippen molar-refractivity contribution in [2.24, 2.45) is 0 Å². The second-order valence-corrected chi connectivity index (χ2v) is 6.79. The molecule has 0 aromatic heterocycles. The molecule has 5 nitrogen and oxygen atoms in total. The van der Waals surface area contributed by atoms with Crippen LogP contribution in [-0.2, 0) is 0 Å². The van der Waals surface area contributed by atoms with Crippen LogP contribution in [0.3, 0.4) is 0 Å². The lowest BCUT2D eigenvalue weighted by atomic mass is 9.92. The Labute approximate surface area is 172 Å². The minimum atomic E-state index is -0.400. The van der Waals surface area contributed by atoms with Crippen LogP contribution in [0.25, 0.3) is 0 Å². The molecule has 0 saturated heterocycles. The van der Waals surface area contributed by atoms with Crippen LogP contribution in [0.4, 0.5) is 11.4 Å². The van der Waals surface area contributed by atoms with Gasteiger partial charge in [0, 0.05) is 28.1 Å². The van der Waals surface area contributed by atoms with Crippen molar-refractivity contribution in [2.45, 2.75) is 0 Å². The van der Waals surface area contributed by atoms with E-state index in [1.54, 1.807) is 60.7 Å². The molecule has 0 unspecified atom stereocenters. The van der Waals surface area contributed by atoms with Crippen molar-refractivity contribution in [3.63, 3.8) is 0 Å². The summed E-state index contributed by atoms with van der Waals surface area (Å²) in [6, 6.07) is 22.2. The van der Waals surface area contributed by atoms with Crippen LogP contribution in [-0.4, -0.2) is 17.5 Å². The van der Waals surface area contributed by atoms with Gasteiger partial charge in [-0.2, -0.15) is 0 Å². The molecule has 0 radical (unpaired) electrons. The average Bonchev–Trinajstić information content (AvgIpc) is 2.76. The van der Waals surface area contributed by atoms with Crippen molar-refractivity contribution >= 4 is 40.4 Å². The molecule has 6 heteroatoms. The van der Waals surface area contributed by atoms with Gasteiger partial charge in [0.1, 0.15) is 10.7 Å². The van der Waals surface area contributed by atoms with Crippen molar-refractivity contribution in [3.05, 3.63) is 106 Å². The fourth-order valence-electron chi connectivity index (χ4n) is 3.03. The zero-order chi connectivity index (χ0) is 20.4. The second kappa shape index (κ2) is 7.73. The maximum absolute atomic E-state index is 12.7. The Morgan fingerprint density at radius 1 is 0.690 bits per heavy atom. The third kappa shape index (κ3) is 3.68. The van der Waals surface area contributed by atoms with Gasteiger partial charge in [-0.25, -0.2) is 0 Å². The first-order chi connectivity index (χ1) is 14.0. The van der Waals surface area contributed by atoms with Crippen molar-refractivity contribution in [1.29, 1.82) is 0 Å². The predicted octanol–water partition coefficient (Wildman–Crippen LogP) is 4.88. The van der Waals surface area contributed by atoms with Gasteiger partial charge in [-0.3, -0.25) is 14.4 Å². The smallest absolute Gasteiger partial charge is 0.255 e. The van der Waals surface area contributed by atoms with E-state index in [-0.39, 0.29) is 22.4 Å². The Morgan fingerprint density at radius 3 is 1.93 bits per heavy atom. The molecule has 0 bridgehead atoms. The fraction of sp³-hybridized carbons (Fsp3) is 0. The molecule has 2 N–H and O–H groups in total. The number of allylic oxidation sites excluding steroid dienone is 2. The van der Waals surface area contributed by atoms with Crippen molar-refractivity contribution in [3.8, 4) is 0 Å². The number of halogens is 1. The molecule has 0 saturated carbocycles. The molecular weight excluding hydrogens is 388 g/mol. The van der Waals surface area contributed by atoms with Crippen LogP contribution < -0.4 is 10.6 Å².